The highest BCUT2D eigenvalue weighted by Gasteiger charge is 2.29. The van der Waals surface area contributed by atoms with Crippen molar-refractivity contribution in [3.63, 3.8) is 0 Å². The summed E-state index contributed by atoms with van der Waals surface area (Å²) in [4.78, 5) is 15.8. The molecule has 1 N–H and O–H groups in total. The zero-order chi connectivity index (χ0) is 20.9. The molecule has 1 aliphatic rings. The number of rotatable bonds is 7. The first-order valence-corrected chi connectivity index (χ1v) is 12.0. The lowest BCUT2D eigenvalue weighted by molar-refractivity contribution is -0.125. The fourth-order valence-corrected chi connectivity index (χ4v) is 5.55. The van der Waals surface area contributed by atoms with E-state index in [1.54, 1.807) is 11.3 Å². The van der Waals surface area contributed by atoms with Crippen LogP contribution >= 0.6 is 11.3 Å². The third-order valence-corrected chi connectivity index (χ3v) is 7.97. The van der Waals surface area contributed by atoms with E-state index in [0.717, 1.165) is 18.6 Å². The standard InChI is InChI=1S/C20H26FN3O3S2/c1-16(20(25)22-10-9-18-4-2-15-28-18)23-11-3-12-24(14-13-23)29(26,27)19-7-5-17(21)6-8-19/h2,4-8,15-16H,3,9-14H2,1H3,(H,22,25). The first-order valence-electron chi connectivity index (χ1n) is 9.68. The Balaban J connectivity index is 1.54. The molecule has 2 aromatic rings. The second-order valence-electron chi connectivity index (χ2n) is 7.04. The molecule has 0 saturated carbocycles. The lowest BCUT2D eigenvalue weighted by atomic mass is 10.2. The predicted molar refractivity (Wildman–Crippen MR) is 112 cm³/mol. The van der Waals surface area contributed by atoms with E-state index < -0.39 is 15.8 Å². The van der Waals surface area contributed by atoms with Crippen LogP contribution in [0.1, 0.15) is 18.2 Å². The maximum Gasteiger partial charge on any atom is 0.243 e. The van der Waals surface area contributed by atoms with E-state index in [1.807, 2.05) is 29.3 Å². The van der Waals surface area contributed by atoms with Crippen LogP contribution in [0.15, 0.2) is 46.7 Å². The second kappa shape index (κ2) is 9.80. The summed E-state index contributed by atoms with van der Waals surface area (Å²) in [5, 5.41) is 4.99. The van der Waals surface area contributed by atoms with Crippen molar-refractivity contribution in [3.8, 4) is 0 Å². The Hall–Kier alpha value is -1.81. The molecule has 1 atom stereocenters. The summed E-state index contributed by atoms with van der Waals surface area (Å²) in [6.07, 6.45) is 1.44. The maximum atomic E-state index is 13.1. The molecule has 1 aromatic carbocycles. The lowest BCUT2D eigenvalue weighted by Gasteiger charge is -2.27. The van der Waals surface area contributed by atoms with Crippen LogP contribution in [-0.4, -0.2) is 62.3 Å². The second-order valence-corrected chi connectivity index (χ2v) is 10.0. The summed E-state index contributed by atoms with van der Waals surface area (Å²) >= 11 is 1.67. The number of hydrogen-bond acceptors (Lipinski definition) is 5. The quantitative estimate of drug-likeness (QED) is 0.719. The lowest BCUT2D eigenvalue weighted by Crippen LogP contribution is -2.47. The van der Waals surface area contributed by atoms with E-state index in [2.05, 4.69) is 5.32 Å². The minimum absolute atomic E-state index is 0.0450. The molecule has 0 aliphatic carbocycles. The number of thiophene rings is 1. The number of sulfonamides is 1. The van der Waals surface area contributed by atoms with E-state index in [0.29, 0.717) is 39.1 Å². The molecule has 29 heavy (non-hydrogen) atoms. The molecule has 3 rings (SSSR count). The Morgan fingerprint density at radius 2 is 1.93 bits per heavy atom. The fraction of sp³-hybridized carbons (Fsp3) is 0.450. The summed E-state index contributed by atoms with van der Waals surface area (Å²) in [7, 11) is -3.67. The van der Waals surface area contributed by atoms with Crippen molar-refractivity contribution in [3.05, 3.63) is 52.5 Å². The van der Waals surface area contributed by atoms with Crippen LogP contribution in [0.25, 0.3) is 0 Å². The molecule has 1 saturated heterocycles. The maximum absolute atomic E-state index is 13.1. The summed E-state index contributed by atoms with van der Waals surface area (Å²) in [5.74, 6) is -0.513. The third-order valence-electron chi connectivity index (χ3n) is 5.12. The normalized spacial score (nSPS) is 17.6. The minimum atomic E-state index is -3.67. The van der Waals surface area contributed by atoms with E-state index in [9.17, 15) is 17.6 Å². The van der Waals surface area contributed by atoms with Gasteiger partial charge in [-0.1, -0.05) is 6.07 Å². The van der Waals surface area contributed by atoms with Gasteiger partial charge < -0.3 is 5.32 Å². The molecule has 6 nitrogen and oxygen atoms in total. The number of nitrogens with zero attached hydrogens (tertiary/aromatic N) is 2. The van der Waals surface area contributed by atoms with Crippen LogP contribution in [0.5, 0.6) is 0 Å². The Bertz CT molecular complexity index is 902. The zero-order valence-electron chi connectivity index (χ0n) is 16.4. The highest BCUT2D eigenvalue weighted by Crippen LogP contribution is 2.19. The third kappa shape index (κ3) is 5.63. The van der Waals surface area contributed by atoms with Crippen molar-refractivity contribution in [2.45, 2.75) is 30.7 Å². The molecule has 0 radical (unpaired) electrons. The summed E-state index contributed by atoms with van der Waals surface area (Å²) in [5.41, 5.74) is 0. The van der Waals surface area contributed by atoms with Crippen LogP contribution in [0.3, 0.4) is 0 Å². The molecule has 9 heteroatoms. The van der Waals surface area contributed by atoms with Gasteiger partial charge in [0.05, 0.1) is 10.9 Å². The van der Waals surface area contributed by atoms with Crippen molar-refractivity contribution in [1.82, 2.24) is 14.5 Å². The number of benzene rings is 1. The molecule has 1 amide bonds. The average Bonchev–Trinajstić information content (AvgIpc) is 3.09. The van der Waals surface area contributed by atoms with Gasteiger partial charge in [-0.05, 0) is 55.5 Å². The van der Waals surface area contributed by atoms with E-state index in [4.69, 9.17) is 0 Å². The van der Waals surface area contributed by atoms with E-state index >= 15 is 0 Å². The predicted octanol–water partition coefficient (Wildman–Crippen LogP) is 2.33. The Morgan fingerprint density at radius 1 is 1.17 bits per heavy atom. The van der Waals surface area contributed by atoms with Crippen LogP contribution in [0.4, 0.5) is 4.39 Å². The first-order chi connectivity index (χ1) is 13.9. The average molecular weight is 440 g/mol. The van der Waals surface area contributed by atoms with Gasteiger partial charge in [0.2, 0.25) is 15.9 Å². The molecular formula is C20H26FN3O3S2. The topological polar surface area (TPSA) is 69.7 Å². The van der Waals surface area contributed by atoms with Gasteiger partial charge in [-0.15, -0.1) is 11.3 Å². The summed E-state index contributed by atoms with van der Waals surface area (Å²) < 4.78 is 40.2. The molecule has 158 valence electrons. The van der Waals surface area contributed by atoms with Gasteiger partial charge in [-0.25, -0.2) is 12.8 Å². The highest BCUT2D eigenvalue weighted by molar-refractivity contribution is 7.89. The largest absolute Gasteiger partial charge is 0.354 e. The summed E-state index contributed by atoms with van der Waals surface area (Å²) in [6, 6.07) is 8.60. The van der Waals surface area contributed by atoms with Crippen molar-refractivity contribution in [1.29, 1.82) is 0 Å². The SMILES string of the molecule is CC(C(=O)NCCc1cccs1)N1CCCN(S(=O)(=O)c2ccc(F)cc2)CC1. The van der Waals surface area contributed by atoms with Gasteiger partial charge in [0.25, 0.3) is 0 Å². The van der Waals surface area contributed by atoms with Gasteiger partial charge >= 0.3 is 0 Å². The number of carbonyl (C=O) groups is 1. The van der Waals surface area contributed by atoms with Crippen LogP contribution in [0.2, 0.25) is 0 Å². The fourth-order valence-electron chi connectivity index (χ4n) is 3.37. The van der Waals surface area contributed by atoms with E-state index in [1.165, 1.54) is 21.3 Å². The van der Waals surface area contributed by atoms with Crippen molar-refractivity contribution < 1.29 is 17.6 Å². The smallest absolute Gasteiger partial charge is 0.243 e. The number of amides is 1. The number of carbonyl (C=O) groups excluding carboxylic acids is 1. The number of halogens is 1. The van der Waals surface area contributed by atoms with E-state index in [-0.39, 0.29) is 16.8 Å². The Kier molecular flexibility index (Phi) is 7.39. The number of hydrogen-bond donors (Lipinski definition) is 1. The molecular weight excluding hydrogens is 413 g/mol. The molecule has 1 fully saturated rings. The summed E-state index contributed by atoms with van der Waals surface area (Å²) in [6.45, 7) is 4.23. The number of nitrogens with one attached hydrogen (secondary N) is 1. The molecule has 2 heterocycles. The van der Waals surface area contributed by atoms with Gasteiger partial charge in [0.1, 0.15) is 5.82 Å². The van der Waals surface area contributed by atoms with Crippen molar-refractivity contribution >= 4 is 27.3 Å². The molecule has 1 aliphatic heterocycles. The Morgan fingerprint density at radius 3 is 2.62 bits per heavy atom. The van der Waals surface area contributed by atoms with Gasteiger partial charge in [-0.2, -0.15) is 4.31 Å². The van der Waals surface area contributed by atoms with Crippen LogP contribution in [0, 0.1) is 5.82 Å². The van der Waals surface area contributed by atoms with Crippen molar-refractivity contribution in [2.24, 2.45) is 0 Å². The monoisotopic (exact) mass is 439 g/mol. The van der Waals surface area contributed by atoms with Crippen molar-refractivity contribution in [2.75, 3.05) is 32.7 Å². The highest BCUT2D eigenvalue weighted by atomic mass is 32.2. The van der Waals surface area contributed by atoms with Crippen LogP contribution in [-0.2, 0) is 21.2 Å². The minimum Gasteiger partial charge on any atom is -0.354 e. The van der Waals surface area contributed by atoms with Gasteiger partial charge in [0.15, 0.2) is 0 Å². The molecule has 1 unspecified atom stereocenters. The molecule has 0 bridgehead atoms. The Labute approximate surface area is 175 Å². The first kappa shape index (κ1) is 21.9. The zero-order valence-corrected chi connectivity index (χ0v) is 18.0. The molecule has 0 spiro atoms. The van der Waals surface area contributed by atoms with Gasteiger partial charge in [-0.3, -0.25) is 9.69 Å². The van der Waals surface area contributed by atoms with Gasteiger partial charge in [0, 0.05) is 37.6 Å². The van der Waals surface area contributed by atoms with Crippen LogP contribution < -0.4 is 5.32 Å². The molecule has 1 aromatic heterocycles.